The van der Waals surface area contributed by atoms with Crippen LogP contribution >= 0.6 is 0 Å². The third-order valence-electron chi connectivity index (χ3n) is 4.27. The molecule has 0 radical (unpaired) electrons. The molecule has 0 aliphatic carbocycles. The van der Waals surface area contributed by atoms with Crippen molar-refractivity contribution in [3.63, 3.8) is 0 Å². The molecule has 1 aliphatic rings. The summed E-state index contributed by atoms with van der Waals surface area (Å²) < 4.78 is 5.40. The molecule has 6 heteroatoms. The highest BCUT2D eigenvalue weighted by Gasteiger charge is 2.31. The van der Waals surface area contributed by atoms with Gasteiger partial charge in [-0.15, -0.1) is 0 Å². The highest BCUT2D eigenvalue weighted by molar-refractivity contribution is 5.79. The van der Waals surface area contributed by atoms with Crippen molar-refractivity contribution in [3.05, 3.63) is 30.1 Å². The van der Waals surface area contributed by atoms with Crippen LogP contribution in [0.15, 0.2) is 24.4 Å². The lowest BCUT2D eigenvalue weighted by Crippen LogP contribution is -2.45. The Hall–Kier alpha value is -2.11. The van der Waals surface area contributed by atoms with E-state index in [1.807, 2.05) is 50.8 Å². The molecule has 138 valence electrons. The predicted octanol–water partition coefficient (Wildman–Crippen LogP) is 3.08. The fourth-order valence-corrected chi connectivity index (χ4v) is 2.93. The molecule has 0 N–H and O–H groups in total. The number of rotatable bonds is 4. The summed E-state index contributed by atoms with van der Waals surface area (Å²) in [5.41, 5.74) is 0.398. The van der Waals surface area contributed by atoms with Crippen LogP contribution in [0, 0.1) is 5.92 Å². The number of aromatic nitrogens is 1. The molecule has 2 amide bonds. The summed E-state index contributed by atoms with van der Waals surface area (Å²) >= 11 is 0. The SMILES string of the molecule is CCN(Cc1ccccn1)C(=O)C1CCN(C(=O)OC(C)(C)C)CC1. The van der Waals surface area contributed by atoms with Crippen LogP contribution in [0.2, 0.25) is 0 Å². The van der Waals surface area contributed by atoms with Crippen molar-refractivity contribution >= 4 is 12.0 Å². The van der Waals surface area contributed by atoms with Crippen molar-refractivity contribution in [3.8, 4) is 0 Å². The van der Waals surface area contributed by atoms with Crippen LogP contribution in [0.25, 0.3) is 0 Å². The predicted molar refractivity (Wildman–Crippen MR) is 95.9 cm³/mol. The van der Waals surface area contributed by atoms with Gasteiger partial charge in [0.05, 0.1) is 12.2 Å². The van der Waals surface area contributed by atoms with Gasteiger partial charge in [0, 0.05) is 31.7 Å². The smallest absolute Gasteiger partial charge is 0.410 e. The number of ether oxygens (including phenoxy) is 1. The van der Waals surface area contributed by atoms with E-state index in [0.29, 0.717) is 39.0 Å². The highest BCUT2D eigenvalue weighted by atomic mass is 16.6. The molecular weight excluding hydrogens is 318 g/mol. The van der Waals surface area contributed by atoms with E-state index in [1.54, 1.807) is 11.1 Å². The van der Waals surface area contributed by atoms with Crippen molar-refractivity contribution < 1.29 is 14.3 Å². The van der Waals surface area contributed by atoms with E-state index < -0.39 is 5.60 Å². The molecule has 0 spiro atoms. The lowest BCUT2D eigenvalue weighted by atomic mass is 9.95. The Morgan fingerprint density at radius 2 is 1.96 bits per heavy atom. The second kappa shape index (κ2) is 8.32. The van der Waals surface area contributed by atoms with E-state index in [-0.39, 0.29) is 17.9 Å². The Labute approximate surface area is 150 Å². The molecule has 1 aromatic rings. The lowest BCUT2D eigenvalue weighted by Gasteiger charge is -2.34. The lowest BCUT2D eigenvalue weighted by molar-refractivity contribution is -0.137. The van der Waals surface area contributed by atoms with E-state index >= 15 is 0 Å². The maximum Gasteiger partial charge on any atom is 0.410 e. The van der Waals surface area contributed by atoms with Crippen LogP contribution in [0.1, 0.15) is 46.2 Å². The van der Waals surface area contributed by atoms with Gasteiger partial charge in [-0.1, -0.05) is 6.07 Å². The number of amides is 2. The van der Waals surface area contributed by atoms with Crippen LogP contribution in [0.5, 0.6) is 0 Å². The van der Waals surface area contributed by atoms with Crippen LogP contribution < -0.4 is 0 Å². The first-order valence-corrected chi connectivity index (χ1v) is 8.96. The Kier molecular flexibility index (Phi) is 6.39. The van der Waals surface area contributed by atoms with Crippen molar-refractivity contribution in [2.24, 2.45) is 5.92 Å². The first kappa shape index (κ1) is 19.2. The van der Waals surface area contributed by atoms with E-state index in [2.05, 4.69) is 4.98 Å². The molecule has 1 fully saturated rings. The third-order valence-corrected chi connectivity index (χ3v) is 4.27. The monoisotopic (exact) mass is 347 g/mol. The van der Waals surface area contributed by atoms with Gasteiger partial charge in [-0.2, -0.15) is 0 Å². The molecule has 25 heavy (non-hydrogen) atoms. The van der Waals surface area contributed by atoms with Gasteiger partial charge in [0.15, 0.2) is 0 Å². The standard InChI is InChI=1S/C19H29N3O3/c1-5-21(14-16-8-6-7-11-20-16)17(23)15-9-12-22(13-10-15)18(24)25-19(2,3)4/h6-8,11,15H,5,9-10,12-14H2,1-4H3. The normalized spacial score (nSPS) is 15.8. The Balaban J connectivity index is 1.88. The first-order chi connectivity index (χ1) is 11.8. The maximum atomic E-state index is 12.8. The summed E-state index contributed by atoms with van der Waals surface area (Å²) in [6.07, 6.45) is 2.81. The largest absolute Gasteiger partial charge is 0.444 e. The van der Waals surface area contributed by atoms with Crippen LogP contribution in [0.3, 0.4) is 0 Å². The quantitative estimate of drug-likeness (QED) is 0.840. The molecule has 1 saturated heterocycles. The van der Waals surface area contributed by atoms with Gasteiger partial charge < -0.3 is 14.5 Å². The van der Waals surface area contributed by atoms with Crippen molar-refractivity contribution in [1.82, 2.24) is 14.8 Å². The zero-order valence-electron chi connectivity index (χ0n) is 15.7. The number of carbonyl (C=O) groups is 2. The molecule has 0 saturated carbocycles. The molecule has 0 atom stereocenters. The maximum absolute atomic E-state index is 12.8. The first-order valence-electron chi connectivity index (χ1n) is 8.96. The van der Waals surface area contributed by atoms with Gasteiger partial charge in [0.1, 0.15) is 5.60 Å². The molecule has 1 aromatic heterocycles. The third kappa shape index (κ3) is 5.73. The molecular formula is C19H29N3O3. The van der Waals surface area contributed by atoms with E-state index in [1.165, 1.54) is 0 Å². The fraction of sp³-hybridized carbons (Fsp3) is 0.632. The Bertz CT molecular complexity index is 575. The summed E-state index contributed by atoms with van der Waals surface area (Å²) in [7, 11) is 0. The van der Waals surface area contributed by atoms with Gasteiger partial charge in [-0.05, 0) is 52.7 Å². The van der Waals surface area contributed by atoms with E-state index in [9.17, 15) is 9.59 Å². The van der Waals surface area contributed by atoms with Gasteiger partial charge in [-0.3, -0.25) is 9.78 Å². The molecule has 2 rings (SSSR count). The molecule has 0 unspecified atom stereocenters. The Morgan fingerprint density at radius 3 is 2.48 bits per heavy atom. The van der Waals surface area contributed by atoms with Gasteiger partial charge >= 0.3 is 6.09 Å². The minimum atomic E-state index is -0.495. The highest BCUT2D eigenvalue weighted by Crippen LogP contribution is 2.22. The van der Waals surface area contributed by atoms with E-state index in [0.717, 1.165) is 5.69 Å². The van der Waals surface area contributed by atoms with Gasteiger partial charge in [0.2, 0.25) is 5.91 Å². The fourth-order valence-electron chi connectivity index (χ4n) is 2.93. The van der Waals surface area contributed by atoms with Crippen LogP contribution in [-0.2, 0) is 16.1 Å². The van der Waals surface area contributed by atoms with Gasteiger partial charge in [0.25, 0.3) is 0 Å². The Morgan fingerprint density at radius 1 is 1.28 bits per heavy atom. The summed E-state index contributed by atoms with van der Waals surface area (Å²) in [5.74, 6) is 0.111. The summed E-state index contributed by atoms with van der Waals surface area (Å²) in [5, 5.41) is 0. The molecule has 0 aromatic carbocycles. The number of nitrogens with zero attached hydrogens (tertiary/aromatic N) is 3. The number of hydrogen-bond donors (Lipinski definition) is 0. The summed E-state index contributed by atoms with van der Waals surface area (Å²) in [6, 6.07) is 5.73. The second-order valence-electron chi connectivity index (χ2n) is 7.42. The minimum absolute atomic E-state index is 0.0395. The molecule has 2 heterocycles. The number of carbonyl (C=O) groups excluding carboxylic acids is 2. The molecule has 0 bridgehead atoms. The average molecular weight is 347 g/mol. The zero-order chi connectivity index (χ0) is 18.4. The summed E-state index contributed by atoms with van der Waals surface area (Å²) in [6.45, 7) is 9.87. The summed E-state index contributed by atoms with van der Waals surface area (Å²) in [4.78, 5) is 32.8. The molecule has 1 aliphatic heterocycles. The second-order valence-corrected chi connectivity index (χ2v) is 7.42. The number of piperidine rings is 1. The van der Waals surface area contributed by atoms with Crippen LogP contribution in [-0.4, -0.2) is 52.0 Å². The van der Waals surface area contributed by atoms with Crippen molar-refractivity contribution in [2.75, 3.05) is 19.6 Å². The topological polar surface area (TPSA) is 62.7 Å². The van der Waals surface area contributed by atoms with E-state index in [4.69, 9.17) is 4.74 Å². The number of pyridine rings is 1. The average Bonchev–Trinajstić information content (AvgIpc) is 2.58. The van der Waals surface area contributed by atoms with Crippen molar-refractivity contribution in [2.45, 2.75) is 52.7 Å². The van der Waals surface area contributed by atoms with Crippen molar-refractivity contribution in [1.29, 1.82) is 0 Å². The number of hydrogen-bond acceptors (Lipinski definition) is 4. The van der Waals surface area contributed by atoms with Gasteiger partial charge in [-0.25, -0.2) is 4.79 Å². The van der Waals surface area contributed by atoms with Crippen LogP contribution in [0.4, 0.5) is 4.79 Å². The molecule has 6 nitrogen and oxygen atoms in total. The zero-order valence-corrected chi connectivity index (χ0v) is 15.7. The number of likely N-dealkylation sites (tertiary alicyclic amines) is 1. The minimum Gasteiger partial charge on any atom is -0.444 e.